The van der Waals surface area contributed by atoms with Crippen LogP contribution in [-0.2, 0) is 6.54 Å². The molecule has 0 atom stereocenters. The Kier molecular flexibility index (Phi) is 3.82. The Balaban J connectivity index is 1.80. The molecule has 19 heavy (non-hydrogen) atoms. The zero-order valence-corrected chi connectivity index (χ0v) is 12.5. The molecule has 1 aliphatic rings. The second-order valence-corrected chi connectivity index (χ2v) is 6.60. The molecular formula is C15H21N3S. The van der Waals surface area contributed by atoms with Crippen LogP contribution in [0.15, 0.2) is 18.2 Å². The monoisotopic (exact) mass is 275 g/mol. The molecule has 102 valence electrons. The van der Waals surface area contributed by atoms with Gasteiger partial charge in [-0.25, -0.2) is 4.98 Å². The van der Waals surface area contributed by atoms with Crippen molar-refractivity contribution >= 4 is 21.6 Å². The maximum absolute atomic E-state index is 4.75. The number of nitrogens with zero attached hydrogens (tertiary/aromatic N) is 2. The fourth-order valence-electron chi connectivity index (χ4n) is 2.46. The van der Waals surface area contributed by atoms with E-state index in [9.17, 15) is 0 Å². The van der Waals surface area contributed by atoms with Gasteiger partial charge in [-0.05, 0) is 17.7 Å². The molecule has 0 saturated carbocycles. The first-order valence-corrected chi connectivity index (χ1v) is 7.86. The van der Waals surface area contributed by atoms with E-state index in [1.807, 2.05) is 11.3 Å². The lowest BCUT2D eigenvalue weighted by Gasteiger charge is -2.27. The Morgan fingerprint density at radius 1 is 1.32 bits per heavy atom. The SMILES string of the molecule is CC(C)c1nc2cc(CN3CCNCC3)ccc2s1. The van der Waals surface area contributed by atoms with Gasteiger partial charge in [-0.1, -0.05) is 19.9 Å². The van der Waals surface area contributed by atoms with E-state index in [2.05, 4.69) is 42.3 Å². The number of nitrogens with one attached hydrogen (secondary N) is 1. The first-order valence-electron chi connectivity index (χ1n) is 7.05. The van der Waals surface area contributed by atoms with Crippen molar-refractivity contribution in [1.29, 1.82) is 0 Å². The van der Waals surface area contributed by atoms with Gasteiger partial charge in [-0.15, -0.1) is 11.3 Å². The Morgan fingerprint density at radius 3 is 2.84 bits per heavy atom. The van der Waals surface area contributed by atoms with Crippen LogP contribution in [0.3, 0.4) is 0 Å². The summed E-state index contributed by atoms with van der Waals surface area (Å²) in [5, 5.41) is 4.64. The number of benzene rings is 1. The summed E-state index contributed by atoms with van der Waals surface area (Å²) in [7, 11) is 0. The smallest absolute Gasteiger partial charge is 0.0963 e. The van der Waals surface area contributed by atoms with E-state index in [0.29, 0.717) is 5.92 Å². The molecule has 0 unspecified atom stereocenters. The molecule has 1 fully saturated rings. The first kappa shape index (κ1) is 13.0. The molecule has 1 aliphatic heterocycles. The van der Waals surface area contributed by atoms with E-state index in [-0.39, 0.29) is 0 Å². The summed E-state index contributed by atoms with van der Waals surface area (Å²) in [6.45, 7) is 9.97. The minimum absolute atomic E-state index is 0.522. The number of piperazine rings is 1. The summed E-state index contributed by atoms with van der Waals surface area (Å²) < 4.78 is 1.31. The van der Waals surface area contributed by atoms with Crippen molar-refractivity contribution in [3.8, 4) is 0 Å². The molecule has 3 rings (SSSR count). The summed E-state index contributed by atoms with van der Waals surface area (Å²) in [5.74, 6) is 0.522. The number of fused-ring (bicyclic) bond motifs is 1. The molecule has 2 aromatic rings. The van der Waals surface area contributed by atoms with Gasteiger partial charge in [0.05, 0.1) is 15.2 Å². The van der Waals surface area contributed by atoms with Crippen molar-refractivity contribution in [3.05, 3.63) is 28.8 Å². The van der Waals surface area contributed by atoms with Crippen LogP contribution in [-0.4, -0.2) is 36.1 Å². The molecule has 4 heteroatoms. The molecular weight excluding hydrogens is 254 g/mol. The molecule has 0 spiro atoms. The van der Waals surface area contributed by atoms with Gasteiger partial charge in [-0.2, -0.15) is 0 Å². The van der Waals surface area contributed by atoms with Crippen LogP contribution in [0.2, 0.25) is 0 Å². The Morgan fingerprint density at radius 2 is 2.11 bits per heavy atom. The van der Waals surface area contributed by atoms with E-state index in [1.54, 1.807) is 0 Å². The van der Waals surface area contributed by atoms with Crippen LogP contribution >= 0.6 is 11.3 Å². The summed E-state index contributed by atoms with van der Waals surface area (Å²) in [6, 6.07) is 6.75. The number of rotatable bonds is 3. The zero-order chi connectivity index (χ0) is 13.2. The fourth-order valence-corrected chi connectivity index (χ4v) is 3.41. The van der Waals surface area contributed by atoms with Crippen LogP contribution in [0.25, 0.3) is 10.2 Å². The fraction of sp³-hybridized carbons (Fsp3) is 0.533. The predicted octanol–water partition coefficient (Wildman–Crippen LogP) is 2.82. The van der Waals surface area contributed by atoms with Crippen molar-refractivity contribution in [1.82, 2.24) is 15.2 Å². The minimum atomic E-state index is 0.522. The van der Waals surface area contributed by atoms with Crippen molar-refractivity contribution < 1.29 is 0 Å². The second kappa shape index (κ2) is 5.57. The highest BCUT2D eigenvalue weighted by molar-refractivity contribution is 7.18. The third-order valence-corrected chi connectivity index (χ3v) is 4.92. The van der Waals surface area contributed by atoms with Crippen LogP contribution in [0.4, 0.5) is 0 Å². The standard InChI is InChI=1S/C15H21N3S/c1-11(2)15-17-13-9-12(3-4-14(13)19-15)10-18-7-5-16-6-8-18/h3-4,9,11,16H,5-8,10H2,1-2H3. The second-order valence-electron chi connectivity index (χ2n) is 5.54. The van der Waals surface area contributed by atoms with Crippen molar-refractivity contribution in [3.63, 3.8) is 0 Å². The van der Waals surface area contributed by atoms with E-state index in [4.69, 9.17) is 4.98 Å². The highest BCUT2D eigenvalue weighted by atomic mass is 32.1. The van der Waals surface area contributed by atoms with E-state index >= 15 is 0 Å². The number of hydrogen-bond acceptors (Lipinski definition) is 4. The van der Waals surface area contributed by atoms with Crippen LogP contribution in [0.1, 0.15) is 30.3 Å². The molecule has 1 saturated heterocycles. The lowest BCUT2D eigenvalue weighted by atomic mass is 10.2. The van der Waals surface area contributed by atoms with Gasteiger partial charge in [-0.3, -0.25) is 4.90 Å². The van der Waals surface area contributed by atoms with Crippen LogP contribution in [0.5, 0.6) is 0 Å². The molecule has 0 amide bonds. The zero-order valence-electron chi connectivity index (χ0n) is 11.6. The van der Waals surface area contributed by atoms with Crippen molar-refractivity contribution in [2.45, 2.75) is 26.3 Å². The lowest BCUT2D eigenvalue weighted by molar-refractivity contribution is 0.233. The third kappa shape index (κ3) is 2.96. The van der Waals surface area contributed by atoms with E-state index in [1.165, 1.54) is 20.8 Å². The van der Waals surface area contributed by atoms with Gasteiger partial charge in [0, 0.05) is 38.6 Å². The first-order chi connectivity index (χ1) is 9.22. The van der Waals surface area contributed by atoms with Gasteiger partial charge in [0.25, 0.3) is 0 Å². The molecule has 0 radical (unpaired) electrons. The van der Waals surface area contributed by atoms with E-state index in [0.717, 1.165) is 32.7 Å². The number of thiazole rings is 1. The summed E-state index contributed by atoms with van der Waals surface area (Å²) in [4.78, 5) is 7.26. The molecule has 1 aromatic heterocycles. The molecule has 0 aliphatic carbocycles. The molecule has 2 heterocycles. The Hall–Kier alpha value is -0.970. The largest absolute Gasteiger partial charge is 0.314 e. The maximum Gasteiger partial charge on any atom is 0.0963 e. The van der Waals surface area contributed by atoms with Gasteiger partial charge in [0.15, 0.2) is 0 Å². The molecule has 3 nitrogen and oxygen atoms in total. The average Bonchev–Trinajstić information content (AvgIpc) is 2.83. The topological polar surface area (TPSA) is 28.2 Å². The normalized spacial score (nSPS) is 17.4. The Labute approximate surface area is 118 Å². The molecule has 0 bridgehead atoms. The van der Waals surface area contributed by atoms with Crippen molar-refractivity contribution in [2.75, 3.05) is 26.2 Å². The average molecular weight is 275 g/mol. The van der Waals surface area contributed by atoms with Crippen LogP contribution < -0.4 is 5.32 Å². The van der Waals surface area contributed by atoms with E-state index < -0.39 is 0 Å². The maximum atomic E-state index is 4.75. The predicted molar refractivity (Wildman–Crippen MR) is 81.9 cm³/mol. The summed E-state index contributed by atoms with van der Waals surface area (Å²) >= 11 is 1.83. The highest BCUT2D eigenvalue weighted by Crippen LogP contribution is 2.28. The van der Waals surface area contributed by atoms with Crippen LogP contribution in [0, 0.1) is 0 Å². The Bertz CT molecular complexity index is 556. The number of hydrogen-bond donors (Lipinski definition) is 1. The van der Waals surface area contributed by atoms with Gasteiger partial charge in [0.2, 0.25) is 0 Å². The summed E-state index contributed by atoms with van der Waals surface area (Å²) in [6.07, 6.45) is 0. The third-order valence-electron chi connectivity index (χ3n) is 3.58. The molecule has 1 N–H and O–H groups in total. The number of aromatic nitrogens is 1. The highest BCUT2D eigenvalue weighted by Gasteiger charge is 2.12. The van der Waals surface area contributed by atoms with Gasteiger partial charge < -0.3 is 5.32 Å². The van der Waals surface area contributed by atoms with Gasteiger partial charge >= 0.3 is 0 Å². The van der Waals surface area contributed by atoms with Crippen molar-refractivity contribution in [2.24, 2.45) is 0 Å². The summed E-state index contributed by atoms with van der Waals surface area (Å²) in [5.41, 5.74) is 2.55. The molecule has 1 aromatic carbocycles. The lowest BCUT2D eigenvalue weighted by Crippen LogP contribution is -2.42. The minimum Gasteiger partial charge on any atom is -0.314 e. The van der Waals surface area contributed by atoms with Gasteiger partial charge in [0.1, 0.15) is 0 Å². The quantitative estimate of drug-likeness (QED) is 0.933.